The van der Waals surface area contributed by atoms with Gasteiger partial charge in [-0.05, 0) is 49.7 Å². The van der Waals surface area contributed by atoms with Crippen LogP contribution in [0.4, 0.5) is 11.4 Å². The quantitative estimate of drug-likeness (QED) is 0.850. The van der Waals surface area contributed by atoms with E-state index in [-0.39, 0.29) is 17.1 Å². The molecule has 1 aliphatic heterocycles. The molecule has 1 aliphatic rings. The summed E-state index contributed by atoms with van der Waals surface area (Å²) in [6.07, 6.45) is 0. The molecule has 0 saturated heterocycles. The average Bonchev–Trinajstić information content (AvgIpc) is 2.51. The molecular formula is C17H15ClN2O2S. The second kappa shape index (κ2) is 6.26. The molecule has 2 aromatic carbocycles. The van der Waals surface area contributed by atoms with Crippen molar-refractivity contribution in [3.63, 3.8) is 0 Å². The van der Waals surface area contributed by atoms with Crippen molar-refractivity contribution in [3.8, 4) is 0 Å². The van der Waals surface area contributed by atoms with Crippen molar-refractivity contribution < 1.29 is 9.59 Å². The zero-order valence-corrected chi connectivity index (χ0v) is 14.2. The molecular weight excluding hydrogens is 332 g/mol. The molecule has 2 aromatic rings. The zero-order chi connectivity index (χ0) is 16.6. The Morgan fingerprint density at radius 2 is 2.04 bits per heavy atom. The third-order valence-electron chi connectivity index (χ3n) is 3.60. The van der Waals surface area contributed by atoms with Gasteiger partial charge in [-0.25, -0.2) is 0 Å². The zero-order valence-electron chi connectivity index (χ0n) is 12.6. The Balaban J connectivity index is 1.81. The highest BCUT2D eigenvalue weighted by Crippen LogP contribution is 2.36. The Morgan fingerprint density at radius 3 is 2.78 bits per heavy atom. The Morgan fingerprint density at radius 1 is 1.26 bits per heavy atom. The molecule has 0 aromatic heterocycles. The highest BCUT2D eigenvalue weighted by molar-refractivity contribution is 8.00. The van der Waals surface area contributed by atoms with Crippen LogP contribution in [0, 0.1) is 6.92 Å². The lowest BCUT2D eigenvalue weighted by atomic mass is 10.1. The fraction of sp³-hybridized carbons (Fsp3) is 0.176. The fourth-order valence-corrected chi connectivity index (χ4v) is 3.33. The number of thioether (sulfide) groups is 1. The van der Waals surface area contributed by atoms with Crippen molar-refractivity contribution in [2.24, 2.45) is 0 Å². The van der Waals surface area contributed by atoms with Gasteiger partial charge in [-0.2, -0.15) is 0 Å². The molecule has 0 aliphatic carbocycles. The van der Waals surface area contributed by atoms with Crippen LogP contribution < -0.4 is 10.6 Å². The Labute approximate surface area is 143 Å². The molecule has 0 saturated carbocycles. The van der Waals surface area contributed by atoms with Crippen molar-refractivity contribution in [1.29, 1.82) is 0 Å². The number of hydrogen-bond donors (Lipinski definition) is 2. The molecule has 1 unspecified atom stereocenters. The highest BCUT2D eigenvalue weighted by Gasteiger charge is 2.23. The lowest BCUT2D eigenvalue weighted by Crippen LogP contribution is -2.26. The molecule has 4 nitrogen and oxygen atoms in total. The number of aryl methyl sites for hydroxylation is 1. The number of carbonyl (C=O) groups excluding carboxylic acids is 2. The number of carbonyl (C=O) groups is 2. The number of fused-ring (bicyclic) bond motifs is 1. The maximum Gasteiger partial charge on any atom is 0.255 e. The van der Waals surface area contributed by atoms with Gasteiger partial charge in [0.2, 0.25) is 5.91 Å². The molecule has 1 atom stereocenters. The van der Waals surface area contributed by atoms with Gasteiger partial charge in [0.25, 0.3) is 5.91 Å². The normalized spacial score (nSPS) is 16.5. The molecule has 1 heterocycles. The second-order valence-corrected chi connectivity index (χ2v) is 7.17. The van der Waals surface area contributed by atoms with Gasteiger partial charge in [0.1, 0.15) is 0 Å². The first-order chi connectivity index (χ1) is 10.9. The van der Waals surface area contributed by atoms with Gasteiger partial charge in [-0.3, -0.25) is 9.59 Å². The number of nitrogens with one attached hydrogen (secondary N) is 2. The van der Waals surface area contributed by atoms with Crippen molar-refractivity contribution >= 4 is 46.6 Å². The van der Waals surface area contributed by atoms with E-state index in [2.05, 4.69) is 10.6 Å². The van der Waals surface area contributed by atoms with Gasteiger partial charge in [0.05, 0.1) is 10.9 Å². The van der Waals surface area contributed by atoms with Gasteiger partial charge in [0, 0.05) is 21.2 Å². The Bertz CT molecular complexity index is 807. The van der Waals surface area contributed by atoms with Crippen molar-refractivity contribution in [3.05, 3.63) is 52.5 Å². The summed E-state index contributed by atoms with van der Waals surface area (Å²) in [4.78, 5) is 25.1. The summed E-state index contributed by atoms with van der Waals surface area (Å²) in [7, 11) is 0. The SMILES string of the molecule is Cc1ccc(NC(=O)c2ccc3c(c2)NC(=O)C(C)S3)cc1Cl. The van der Waals surface area contributed by atoms with Gasteiger partial charge in [0.15, 0.2) is 0 Å². The molecule has 0 bridgehead atoms. The number of amides is 2. The lowest BCUT2D eigenvalue weighted by molar-refractivity contribution is -0.115. The number of benzene rings is 2. The summed E-state index contributed by atoms with van der Waals surface area (Å²) in [5, 5.41) is 6.11. The first-order valence-corrected chi connectivity index (χ1v) is 8.39. The third-order valence-corrected chi connectivity index (χ3v) is 5.19. The smallest absolute Gasteiger partial charge is 0.255 e. The van der Waals surface area contributed by atoms with Gasteiger partial charge in [-0.15, -0.1) is 11.8 Å². The van der Waals surface area contributed by atoms with E-state index in [9.17, 15) is 9.59 Å². The van der Waals surface area contributed by atoms with Crippen LogP contribution in [-0.4, -0.2) is 17.1 Å². The minimum Gasteiger partial charge on any atom is -0.324 e. The summed E-state index contributed by atoms with van der Waals surface area (Å²) in [6, 6.07) is 10.7. The van der Waals surface area contributed by atoms with Crippen LogP contribution in [0.25, 0.3) is 0 Å². The van der Waals surface area contributed by atoms with E-state index in [0.29, 0.717) is 22.0 Å². The van der Waals surface area contributed by atoms with E-state index < -0.39 is 0 Å². The van der Waals surface area contributed by atoms with Crippen LogP contribution in [0.2, 0.25) is 5.02 Å². The van der Waals surface area contributed by atoms with E-state index in [4.69, 9.17) is 11.6 Å². The van der Waals surface area contributed by atoms with Crippen molar-refractivity contribution in [2.45, 2.75) is 24.0 Å². The first-order valence-electron chi connectivity index (χ1n) is 7.13. The van der Waals surface area contributed by atoms with Crippen LogP contribution in [0.1, 0.15) is 22.8 Å². The summed E-state index contributed by atoms with van der Waals surface area (Å²) in [5.41, 5.74) is 2.74. The predicted octanol–water partition coefficient (Wildman–Crippen LogP) is 4.33. The van der Waals surface area contributed by atoms with E-state index in [0.717, 1.165) is 10.5 Å². The van der Waals surface area contributed by atoms with Crippen molar-refractivity contribution in [1.82, 2.24) is 0 Å². The molecule has 118 valence electrons. The topological polar surface area (TPSA) is 58.2 Å². The van der Waals surface area contributed by atoms with Crippen LogP contribution >= 0.6 is 23.4 Å². The predicted molar refractivity (Wildman–Crippen MR) is 94.5 cm³/mol. The van der Waals surface area contributed by atoms with Gasteiger partial charge < -0.3 is 10.6 Å². The van der Waals surface area contributed by atoms with E-state index >= 15 is 0 Å². The summed E-state index contributed by atoms with van der Waals surface area (Å²) < 4.78 is 0. The number of rotatable bonds is 2. The standard InChI is InChI=1S/C17H15ClN2O2S/c1-9-3-5-12(8-13(9)18)19-17(22)11-4-6-15-14(7-11)20-16(21)10(2)23-15/h3-8,10H,1-2H3,(H,19,22)(H,20,21). The molecule has 0 radical (unpaired) electrons. The maximum atomic E-state index is 12.4. The maximum absolute atomic E-state index is 12.4. The molecule has 6 heteroatoms. The summed E-state index contributed by atoms with van der Waals surface area (Å²) in [5.74, 6) is -0.295. The van der Waals surface area contributed by atoms with E-state index in [1.807, 2.05) is 26.0 Å². The third kappa shape index (κ3) is 3.35. The monoisotopic (exact) mass is 346 g/mol. The first kappa shape index (κ1) is 15.9. The number of halogens is 1. The summed E-state index contributed by atoms with van der Waals surface area (Å²) >= 11 is 7.55. The molecule has 0 spiro atoms. The molecule has 0 fully saturated rings. The Hall–Kier alpha value is -1.98. The minimum atomic E-state index is -0.245. The van der Waals surface area contributed by atoms with E-state index in [1.165, 1.54) is 11.8 Å². The minimum absolute atomic E-state index is 0.0506. The van der Waals surface area contributed by atoms with Crippen LogP contribution in [-0.2, 0) is 4.79 Å². The van der Waals surface area contributed by atoms with Gasteiger partial charge >= 0.3 is 0 Å². The van der Waals surface area contributed by atoms with Crippen LogP contribution in [0.5, 0.6) is 0 Å². The lowest BCUT2D eigenvalue weighted by Gasteiger charge is -2.21. The molecule has 2 amide bonds. The largest absolute Gasteiger partial charge is 0.324 e. The molecule has 23 heavy (non-hydrogen) atoms. The summed E-state index contributed by atoms with van der Waals surface area (Å²) in [6.45, 7) is 3.75. The van der Waals surface area contributed by atoms with E-state index in [1.54, 1.807) is 24.3 Å². The average molecular weight is 347 g/mol. The van der Waals surface area contributed by atoms with Crippen LogP contribution in [0.3, 0.4) is 0 Å². The molecule has 2 N–H and O–H groups in total. The number of anilines is 2. The molecule has 3 rings (SSSR count). The van der Waals surface area contributed by atoms with Crippen LogP contribution in [0.15, 0.2) is 41.3 Å². The Kier molecular flexibility index (Phi) is 4.33. The number of hydrogen-bond acceptors (Lipinski definition) is 3. The highest BCUT2D eigenvalue weighted by atomic mass is 35.5. The van der Waals surface area contributed by atoms with Crippen molar-refractivity contribution in [2.75, 3.05) is 10.6 Å². The van der Waals surface area contributed by atoms with Gasteiger partial charge in [-0.1, -0.05) is 17.7 Å². The second-order valence-electron chi connectivity index (χ2n) is 5.38. The fourth-order valence-electron chi connectivity index (χ4n) is 2.22.